The van der Waals surface area contributed by atoms with Crippen LogP contribution in [0.5, 0.6) is 0 Å². The molecule has 0 aliphatic carbocycles. The lowest BCUT2D eigenvalue weighted by atomic mass is 10.0. The molecule has 10 aromatic rings. The van der Waals surface area contributed by atoms with Crippen LogP contribution in [0.25, 0.3) is 76.5 Å². The molecule has 6 atom stereocenters. The summed E-state index contributed by atoms with van der Waals surface area (Å²) >= 11 is 0. The molecular formula is C67H60N14O10. The summed E-state index contributed by atoms with van der Waals surface area (Å²) in [5.41, 5.74) is 11.4. The Hall–Kier alpha value is -11.4. The Labute approximate surface area is 517 Å². The number of aromatic amines is 1. The Morgan fingerprint density at radius 1 is 0.429 bits per heavy atom. The smallest absolute Gasteiger partial charge is 0.254 e. The molecule has 3 aliphatic heterocycles. The highest BCUT2D eigenvalue weighted by atomic mass is 16.2. The summed E-state index contributed by atoms with van der Waals surface area (Å²) in [5.74, 6) is -6.32. The number of nitrogens with one attached hydrogen (secondary N) is 7. The molecule has 9 N–H and O–H groups in total. The number of hydrogen-bond donors (Lipinski definition) is 8. The van der Waals surface area contributed by atoms with E-state index in [1.165, 1.54) is 21.6 Å². The van der Waals surface area contributed by atoms with E-state index in [0.29, 0.717) is 71.1 Å². The van der Waals surface area contributed by atoms with Crippen LogP contribution in [0.2, 0.25) is 0 Å². The molecule has 0 spiro atoms. The standard InChI is InChI=1S/C67H60N14O10/c1-35(82)72-36-27-52(80(32-36)56(85)31-71-67(91)59-43-18-6-12-24-49(43)77-60-44-19-7-13-25-50(44)78-61(59)60)63(87)74-38-28-53(81(34-38)55(84)30-70-66(90)58-41-16-4-10-22-47(41)76-48-23-11-5-17-42(48)58)64(88)73-37-26-51(62(68)86)79(33-37)54(83)29-69-65(89)57-39-14-2-8-20-45(39)75-46-21-9-3-15-40(46)57/h2-25,36-38,51-53,78H,26-34H2,1H3,(H2,68,86)(H,69,89)(H,70,90)(H,71,91)(H,72,82)(H,73,88)(H,74,87)/t36-,37-,38-,51-,52-,53-/m0/s1. The third-order valence-corrected chi connectivity index (χ3v) is 17.3. The fraction of sp³-hybridized carbons (Fsp3) is 0.239. The van der Waals surface area contributed by atoms with E-state index in [-0.39, 0.29) is 50.0 Å². The third kappa shape index (κ3) is 11.3. The van der Waals surface area contributed by atoms with Crippen molar-refractivity contribution in [3.05, 3.63) is 162 Å². The van der Waals surface area contributed by atoms with Gasteiger partial charge in [0.25, 0.3) is 17.7 Å². The fourth-order valence-corrected chi connectivity index (χ4v) is 13.2. The van der Waals surface area contributed by atoms with Gasteiger partial charge in [0.05, 0.1) is 74.9 Å². The van der Waals surface area contributed by atoms with E-state index in [9.17, 15) is 47.9 Å². The quantitative estimate of drug-likeness (QED) is 0.0681. The first-order chi connectivity index (χ1) is 44.1. The molecule has 458 valence electrons. The first-order valence-electron chi connectivity index (χ1n) is 29.8. The van der Waals surface area contributed by atoms with Crippen LogP contribution in [0.15, 0.2) is 146 Å². The monoisotopic (exact) mass is 1220 g/mol. The highest BCUT2D eigenvalue weighted by molar-refractivity contribution is 6.21. The Kier molecular flexibility index (Phi) is 15.6. The average Bonchev–Trinajstić information content (AvgIpc) is 1.75. The van der Waals surface area contributed by atoms with Crippen LogP contribution in [0.3, 0.4) is 0 Å². The van der Waals surface area contributed by atoms with E-state index in [1.807, 2.05) is 30.3 Å². The first-order valence-corrected chi connectivity index (χ1v) is 29.8. The van der Waals surface area contributed by atoms with Crippen LogP contribution in [0.4, 0.5) is 0 Å². The molecule has 0 bridgehead atoms. The van der Waals surface area contributed by atoms with Gasteiger partial charge in [-0.3, -0.25) is 47.9 Å². The zero-order chi connectivity index (χ0) is 63.2. The number of amides is 10. The van der Waals surface area contributed by atoms with E-state index in [4.69, 9.17) is 15.7 Å². The number of pyridine rings is 3. The number of carbonyl (C=O) groups excluding carboxylic acids is 10. The number of benzene rings is 6. The summed E-state index contributed by atoms with van der Waals surface area (Å²) < 4.78 is 0. The van der Waals surface area contributed by atoms with Crippen LogP contribution in [0, 0.1) is 0 Å². The zero-order valence-corrected chi connectivity index (χ0v) is 49.0. The van der Waals surface area contributed by atoms with Crippen molar-refractivity contribution in [1.29, 1.82) is 0 Å². The highest BCUT2D eigenvalue weighted by Crippen LogP contribution is 2.33. The van der Waals surface area contributed by atoms with Crippen molar-refractivity contribution in [2.24, 2.45) is 5.73 Å². The summed E-state index contributed by atoms with van der Waals surface area (Å²) in [5, 5.41) is 20.5. The lowest BCUT2D eigenvalue weighted by molar-refractivity contribution is -0.138. The molecule has 7 heterocycles. The van der Waals surface area contributed by atoms with Crippen molar-refractivity contribution in [3.63, 3.8) is 0 Å². The Morgan fingerprint density at radius 2 is 0.758 bits per heavy atom. The molecule has 24 heteroatoms. The molecule has 3 aliphatic rings. The Morgan fingerprint density at radius 3 is 1.16 bits per heavy atom. The van der Waals surface area contributed by atoms with Gasteiger partial charge in [-0.15, -0.1) is 0 Å². The second-order valence-corrected chi connectivity index (χ2v) is 23.1. The number of carbonyl (C=O) groups is 10. The summed E-state index contributed by atoms with van der Waals surface area (Å²) in [7, 11) is 0. The number of primary amides is 1. The molecule has 24 nitrogen and oxygen atoms in total. The number of fused-ring (bicyclic) bond motifs is 8. The van der Waals surface area contributed by atoms with Crippen LogP contribution < -0.4 is 37.6 Å². The predicted octanol–water partition coefficient (Wildman–Crippen LogP) is 3.62. The molecule has 6 aromatic carbocycles. The largest absolute Gasteiger partial charge is 0.368 e. The molecule has 4 aromatic heterocycles. The molecule has 0 radical (unpaired) electrons. The van der Waals surface area contributed by atoms with E-state index in [0.717, 1.165) is 10.9 Å². The van der Waals surface area contributed by atoms with Crippen molar-refractivity contribution < 1.29 is 47.9 Å². The number of aromatic nitrogens is 4. The Bertz CT molecular complexity index is 4620. The summed E-state index contributed by atoms with van der Waals surface area (Å²) in [6, 6.07) is 36.9. The number of nitrogens with zero attached hydrogens (tertiary/aromatic N) is 6. The topological polar surface area (TPSA) is 333 Å². The van der Waals surface area contributed by atoms with Gasteiger partial charge in [0.1, 0.15) is 18.1 Å². The lowest BCUT2D eigenvalue weighted by Gasteiger charge is -2.26. The van der Waals surface area contributed by atoms with Crippen molar-refractivity contribution in [2.75, 3.05) is 39.3 Å². The van der Waals surface area contributed by atoms with Gasteiger partial charge in [-0.1, -0.05) is 109 Å². The summed E-state index contributed by atoms with van der Waals surface area (Å²) in [6.07, 6.45) is -0.290. The Balaban J connectivity index is 0.725. The molecule has 13 rings (SSSR count). The molecule has 10 amide bonds. The molecular weight excluding hydrogens is 1160 g/mol. The molecule has 0 unspecified atom stereocenters. The van der Waals surface area contributed by atoms with Gasteiger partial charge in [0.2, 0.25) is 41.4 Å². The lowest BCUT2D eigenvalue weighted by Crippen LogP contribution is -2.52. The minimum Gasteiger partial charge on any atom is -0.368 e. The van der Waals surface area contributed by atoms with Gasteiger partial charge in [0.15, 0.2) is 0 Å². The number of para-hydroxylation sites is 6. The minimum atomic E-state index is -1.30. The summed E-state index contributed by atoms with van der Waals surface area (Å²) in [6.45, 7) is -0.865. The maximum atomic E-state index is 14.8. The van der Waals surface area contributed by atoms with E-state index in [1.54, 1.807) is 115 Å². The number of likely N-dealkylation sites (tertiary alicyclic amines) is 3. The normalized spacial score (nSPS) is 18.9. The maximum Gasteiger partial charge on any atom is 0.254 e. The first kappa shape index (κ1) is 58.6. The summed E-state index contributed by atoms with van der Waals surface area (Å²) in [4.78, 5) is 162. The van der Waals surface area contributed by atoms with Crippen molar-refractivity contribution in [1.82, 2.24) is 66.5 Å². The van der Waals surface area contributed by atoms with Crippen LogP contribution in [-0.4, -0.2) is 169 Å². The maximum absolute atomic E-state index is 14.8. The van der Waals surface area contributed by atoms with Gasteiger partial charge in [-0.05, 0) is 55.7 Å². The minimum absolute atomic E-state index is 0.0153. The second kappa shape index (κ2) is 24.3. The van der Waals surface area contributed by atoms with Crippen molar-refractivity contribution in [2.45, 2.75) is 62.4 Å². The van der Waals surface area contributed by atoms with Crippen LogP contribution >= 0.6 is 0 Å². The number of nitrogens with two attached hydrogens (primary N) is 1. The molecule has 91 heavy (non-hydrogen) atoms. The predicted molar refractivity (Wildman–Crippen MR) is 338 cm³/mol. The van der Waals surface area contributed by atoms with Crippen LogP contribution in [-0.2, 0) is 33.6 Å². The second-order valence-electron chi connectivity index (χ2n) is 23.1. The highest BCUT2D eigenvalue weighted by Gasteiger charge is 2.46. The average molecular weight is 1220 g/mol. The molecule has 3 fully saturated rings. The van der Waals surface area contributed by atoms with Crippen molar-refractivity contribution in [3.8, 4) is 0 Å². The van der Waals surface area contributed by atoms with Crippen LogP contribution in [0.1, 0.15) is 57.3 Å². The fourth-order valence-electron chi connectivity index (χ4n) is 13.2. The SMILES string of the molecule is CC(=O)N[C@H]1C[C@@H](C(=O)N[C@H]2C[C@@H](C(=O)N[C@H]3C[C@@H](C(N)=O)N(C(=O)CNC(=O)c4c5ccccc5nc5ccccc45)C3)N(C(=O)CNC(=O)c3c4ccccc4nc4ccccc34)C2)N(C(=O)CNC(=O)c2c3ccccc3nc3c2[nH]c2ccccc23)C1. The van der Waals surface area contributed by atoms with Gasteiger partial charge < -0.3 is 57.3 Å². The zero-order valence-electron chi connectivity index (χ0n) is 49.0. The van der Waals surface area contributed by atoms with E-state index in [2.05, 4.69) is 41.9 Å². The third-order valence-electron chi connectivity index (χ3n) is 17.3. The van der Waals surface area contributed by atoms with Gasteiger partial charge in [0, 0.05) is 82.5 Å². The molecule has 3 saturated heterocycles. The molecule has 0 saturated carbocycles. The van der Waals surface area contributed by atoms with E-state index < -0.39 is 115 Å². The number of H-pyrrole nitrogens is 1. The van der Waals surface area contributed by atoms with Gasteiger partial charge in [-0.25, -0.2) is 15.0 Å². The van der Waals surface area contributed by atoms with Crippen molar-refractivity contribution >= 4 is 136 Å². The van der Waals surface area contributed by atoms with Gasteiger partial charge in [-0.2, -0.15) is 0 Å². The van der Waals surface area contributed by atoms with E-state index >= 15 is 0 Å². The van der Waals surface area contributed by atoms with Gasteiger partial charge >= 0.3 is 0 Å². The number of hydrogen-bond acceptors (Lipinski definition) is 13. The number of rotatable bonds is 15.